The molecule has 1 N–H and O–H groups in total. The third kappa shape index (κ3) is 5.70. The highest BCUT2D eigenvalue weighted by molar-refractivity contribution is 14.0. The molecule has 0 unspecified atom stereocenters. The number of hydrogen-bond donors (Lipinski definition) is 1. The fraction of sp³-hybridized carbons (Fsp3) is 0.450. The van der Waals surface area contributed by atoms with E-state index in [1.807, 2.05) is 31.3 Å². The van der Waals surface area contributed by atoms with Gasteiger partial charge in [-0.1, -0.05) is 37.6 Å². The van der Waals surface area contributed by atoms with Crippen LogP contribution < -0.4 is 10.2 Å². The van der Waals surface area contributed by atoms with E-state index in [9.17, 15) is 0 Å². The predicted octanol–water partition coefficient (Wildman–Crippen LogP) is 3.42. The lowest BCUT2D eigenvalue weighted by Gasteiger charge is -2.37. The Morgan fingerprint density at radius 3 is 2.43 bits per heavy atom. The first-order chi connectivity index (χ1) is 13.0. The summed E-state index contributed by atoms with van der Waals surface area (Å²) in [5.41, 5.74) is 1.16. The van der Waals surface area contributed by atoms with E-state index in [-0.39, 0.29) is 29.4 Å². The van der Waals surface area contributed by atoms with E-state index in [4.69, 9.17) is 11.6 Å². The number of nitrogens with zero attached hydrogens (tertiary/aromatic N) is 5. The second-order valence-electron chi connectivity index (χ2n) is 7.32. The van der Waals surface area contributed by atoms with Crippen LogP contribution in [0.4, 0.5) is 5.95 Å². The molecule has 0 spiro atoms. The number of guanidine groups is 1. The van der Waals surface area contributed by atoms with Crippen LogP contribution in [0.25, 0.3) is 0 Å². The zero-order valence-electron chi connectivity index (χ0n) is 16.6. The van der Waals surface area contributed by atoms with Crippen molar-refractivity contribution in [2.75, 3.05) is 44.7 Å². The minimum absolute atomic E-state index is 0. The smallest absolute Gasteiger partial charge is 0.225 e. The Morgan fingerprint density at radius 2 is 1.82 bits per heavy atom. The lowest BCUT2D eigenvalue weighted by molar-refractivity contribution is 0.364. The van der Waals surface area contributed by atoms with Gasteiger partial charge in [-0.15, -0.1) is 24.0 Å². The monoisotopic (exact) mass is 514 g/mol. The van der Waals surface area contributed by atoms with Gasteiger partial charge >= 0.3 is 0 Å². The molecule has 0 aliphatic carbocycles. The van der Waals surface area contributed by atoms with Gasteiger partial charge in [0.1, 0.15) is 0 Å². The van der Waals surface area contributed by atoms with Gasteiger partial charge in [0.25, 0.3) is 0 Å². The van der Waals surface area contributed by atoms with Crippen molar-refractivity contribution >= 4 is 47.5 Å². The first-order valence-corrected chi connectivity index (χ1v) is 9.61. The average Bonchev–Trinajstić information content (AvgIpc) is 2.69. The molecule has 1 aromatic heterocycles. The van der Waals surface area contributed by atoms with Gasteiger partial charge in [-0.05, 0) is 23.8 Å². The van der Waals surface area contributed by atoms with Crippen LogP contribution >= 0.6 is 35.6 Å². The summed E-state index contributed by atoms with van der Waals surface area (Å²) in [6, 6.07) is 9.90. The highest BCUT2D eigenvalue weighted by atomic mass is 127. The summed E-state index contributed by atoms with van der Waals surface area (Å²) in [4.78, 5) is 17.7. The molecule has 1 saturated heterocycles. The van der Waals surface area contributed by atoms with Gasteiger partial charge in [0.05, 0.1) is 0 Å². The summed E-state index contributed by atoms with van der Waals surface area (Å²) < 4.78 is 0. The zero-order valence-corrected chi connectivity index (χ0v) is 19.7. The molecule has 0 saturated carbocycles. The minimum atomic E-state index is -0.0550. The minimum Gasteiger partial charge on any atom is -0.355 e. The molecule has 0 radical (unpaired) electrons. The Labute approximate surface area is 189 Å². The fourth-order valence-electron chi connectivity index (χ4n) is 3.22. The number of nitrogens with one attached hydrogen (secondary N) is 1. The largest absolute Gasteiger partial charge is 0.355 e. The van der Waals surface area contributed by atoms with Crippen molar-refractivity contribution in [3.8, 4) is 0 Å². The summed E-state index contributed by atoms with van der Waals surface area (Å²) >= 11 is 6.16. The van der Waals surface area contributed by atoms with E-state index in [0.29, 0.717) is 0 Å². The van der Waals surface area contributed by atoms with Gasteiger partial charge in [0.2, 0.25) is 5.95 Å². The number of benzene rings is 1. The van der Waals surface area contributed by atoms with Gasteiger partial charge in [0, 0.05) is 62.6 Å². The van der Waals surface area contributed by atoms with Crippen LogP contribution in [0.5, 0.6) is 0 Å². The maximum atomic E-state index is 6.16. The molecule has 1 aliphatic heterocycles. The number of anilines is 1. The Balaban J connectivity index is 0.00000280. The quantitative estimate of drug-likeness (QED) is 0.385. The van der Waals surface area contributed by atoms with Crippen LogP contribution in [0.1, 0.15) is 19.4 Å². The number of halogens is 2. The predicted molar refractivity (Wildman–Crippen MR) is 127 cm³/mol. The molecule has 3 rings (SSSR count). The van der Waals surface area contributed by atoms with Crippen molar-refractivity contribution in [1.29, 1.82) is 0 Å². The molecule has 0 bridgehead atoms. The van der Waals surface area contributed by atoms with Crippen LogP contribution in [0.2, 0.25) is 5.02 Å². The van der Waals surface area contributed by atoms with E-state index >= 15 is 0 Å². The average molecular weight is 515 g/mol. The summed E-state index contributed by atoms with van der Waals surface area (Å²) in [5, 5.41) is 4.30. The zero-order chi connectivity index (χ0) is 19.3. The number of piperazine rings is 1. The lowest BCUT2D eigenvalue weighted by atomic mass is 9.84. The molecule has 0 atom stereocenters. The first-order valence-electron chi connectivity index (χ1n) is 9.23. The number of aliphatic imine (C=N–C) groups is 1. The number of rotatable bonds is 4. The van der Waals surface area contributed by atoms with Gasteiger partial charge in [-0.25, -0.2) is 9.97 Å². The Morgan fingerprint density at radius 1 is 1.14 bits per heavy atom. The second-order valence-corrected chi connectivity index (χ2v) is 7.75. The van der Waals surface area contributed by atoms with Crippen molar-refractivity contribution in [1.82, 2.24) is 20.2 Å². The van der Waals surface area contributed by atoms with Gasteiger partial charge in [0.15, 0.2) is 5.96 Å². The lowest BCUT2D eigenvalue weighted by Crippen LogP contribution is -2.54. The summed E-state index contributed by atoms with van der Waals surface area (Å²) in [6.45, 7) is 8.73. The van der Waals surface area contributed by atoms with Crippen LogP contribution in [0, 0.1) is 0 Å². The third-order valence-corrected chi connectivity index (χ3v) is 5.16. The Bertz CT molecular complexity index is 775. The summed E-state index contributed by atoms with van der Waals surface area (Å²) in [5.74, 6) is 1.72. The van der Waals surface area contributed by atoms with E-state index in [1.165, 1.54) is 5.56 Å². The van der Waals surface area contributed by atoms with Crippen LogP contribution in [-0.4, -0.2) is 60.6 Å². The highest BCUT2D eigenvalue weighted by Gasteiger charge is 2.25. The van der Waals surface area contributed by atoms with E-state index in [1.54, 1.807) is 12.4 Å². The standard InChI is InChI=1S/C20H27ClN6.HI/c1-20(2,16-6-4-7-17(21)14-16)15-25-18(22-3)26-10-12-27(13-11-26)19-23-8-5-9-24-19;/h4-9,14H,10-13,15H2,1-3H3,(H,22,25);1H. The van der Waals surface area contributed by atoms with Gasteiger partial charge in [-0.2, -0.15) is 0 Å². The molecular weight excluding hydrogens is 487 g/mol. The normalized spacial score (nSPS) is 15.2. The molecule has 1 fully saturated rings. The summed E-state index contributed by atoms with van der Waals surface area (Å²) in [7, 11) is 1.83. The number of hydrogen-bond acceptors (Lipinski definition) is 4. The third-order valence-electron chi connectivity index (χ3n) is 4.92. The maximum Gasteiger partial charge on any atom is 0.225 e. The van der Waals surface area contributed by atoms with E-state index in [0.717, 1.165) is 49.7 Å². The number of aromatic nitrogens is 2. The SMILES string of the molecule is CN=C(NCC(C)(C)c1cccc(Cl)c1)N1CCN(c2ncccn2)CC1.I. The molecule has 0 amide bonds. The first kappa shape index (κ1) is 22.7. The van der Waals surface area contributed by atoms with Crippen molar-refractivity contribution < 1.29 is 0 Å². The highest BCUT2D eigenvalue weighted by Crippen LogP contribution is 2.25. The maximum absolute atomic E-state index is 6.16. The molecule has 1 aromatic carbocycles. The van der Waals surface area contributed by atoms with Crippen molar-refractivity contribution in [2.24, 2.45) is 4.99 Å². The van der Waals surface area contributed by atoms with Crippen molar-refractivity contribution in [2.45, 2.75) is 19.3 Å². The topological polar surface area (TPSA) is 56.7 Å². The van der Waals surface area contributed by atoms with E-state index in [2.05, 4.69) is 50.0 Å². The molecular formula is C20H28ClIN6. The molecule has 1 aliphatic rings. The van der Waals surface area contributed by atoms with Crippen molar-refractivity contribution in [3.05, 3.63) is 53.3 Å². The molecule has 8 heteroatoms. The molecule has 2 heterocycles. The molecule has 6 nitrogen and oxygen atoms in total. The fourth-order valence-corrected chi connectivity index (χ4v) is 3.41. The van der Waals surface area contributed by atoms with Crippen LogP contribution in [0.15, 0.2) is 47.7 Å². The van der Waals surface area contributed by atoms with Crippen LogP contribution in [0.3, 0.4) is 0 Å². The Kier molecular flexibility index (Phi) is 8.30. The van der Waals surface area contributed by atoms with Gasteiger partial charge < -0.3 is 15.1 Å². The summed E-state index contributed by atoms with van der Waals surface area (Å²) in [6.07, 6.45) is 3.57. The molecule has 152 valence electrons. The second kappa shape index (κ2) is 10.2. The van der Waals surface area contributed by atoms with Crippen LogP contribution in [-0.2, 0) is 5.41 Å². The van der Waals surface area contributed by atoms with Crippen molar-refractivity contribution in [3.63, 3.8) is 0 Å². The van der Waals surface area contributed by atoms with E-state index < -0.39 is 0 Å². The van der Waals surface area contributed by atoms with Gasteiger partial charge in [-0.3, -0.25) is 4.99 Å². The molecule has 28 heavy (non-hydrogen) atoms. The molecule has 2 aromatic rings. The Hall–Kier alpha value is -1.61.